The predicted octanol–water partition coefficient (Wildman–Crippen LogP) is 3.82. The van der Waals surface area contributed by atoms with Crippen molar-refractivity contribution in [2.24, 2.45) is 23.5 Å². The maximum atomic E-state index is 6.26. The quantitative estimate of drug-likeness (QED) is 0.859. The van der Waals surface area contributed by atoms with Crippen LogP contribution in [0.15, 0.2) is 12.3 Å². The van der Waals surface area contributed by atoms with Crippen LogP contribution in [-0.2, 0) is 6.42 Å². The molecule has 2 nitrogen and oxygen atoms in total. The van der Waals surface area contributed by atoms with E-state index in [0.29, 0.717) is 6.04 Å². The highest BCUT2D eigenvalue weighted by molar-refractivity contribution is 5.29. The molecule has 5 atom stereocenters. The Kier molecular flexibility index (Phi) is 2.77. The predicted molar refractivity (Wildman–Crippen MR) is 77.9 cm³/mol. The lowest BCUT2D eigenvalue weighted by Gasteiger charge is -2.31. The molecular weight excluding hydrogens is 232 g/mol. The van der Waals surface area contributed by atoms with Crippen LogP contribution in [0.3, 0.4) is 0 Å². The third kappa shape index (κ3) is 1.79. The van der Waals surface area contributed by atoms with E-state index in [4.69, 9.17) is 5.73 Å². The Balaban J connectivity index is 1.62. The Hall–Kier alpha value is -0.760. The van der Waals surface area contributed by atoms with Crippen molar-refractivity contribution in [1.82, 2.24) is 4.57 Å². The minimum atomic E-state index is 0.289. The van der Waals surface area contributed by atoms with Crippen LogP contribution in [0.4, 0.5) is 0 Å². The van der Waals surface area contributed by atoms with Crippen molar-refractivity contribution < 1.29 is 0 Å². The normalized spacial score (nSPS) is 38.4. The molecule has 3 aliphatic rings. The molecule has 0 spiro atoms. The molecular formula is C17H26N2. The van der Waals surface area contributed by atoms with Crippen LogP contribution in [0.2, 0.25) is 0 Å². The third-order valence-electron chi connectivity index (χ3n) is 6.24. The summed E-state index contributed by atoms with van der Waals surface area (Å²) in [5.74, 6) is 2.98. The minimum Gasteiger partial charge on any atom is -0.348 e. The van der Waals surface area contributed by atoms with Gasteiger partial charge in [-0.25, -0.2) is 0 Å². The maximum absolute atomic E-state index is 6.26. The van der Waals surface area contributed by atoms with Gasteiger partial charge in [0, 0.05) is 24.0 Å². The van der Waals surface area contributed by atoms with Crippen molar-refractivity contribution in [2.45, 2.75) is 64.0 Å². The van der Waals surface area contributed by atoms with E-state index >= 15 is 0 Å². The molecule has 0 amide bonds. The van der Waals surface area contributed by atoms with Crippen molar-refractivity contribution in [2.75, 3.05) is 0 Å². The van der Waals surface area contributed by atoms with Gasteiger partial charge in [0.2, 0.25) is 0 Å². The topological polar surface area (TPSA) is 30.9 Å². The molecule has 2 bridgehead atoms. The molecule has 2 saturated carbocycles. The summed E-state index contributed by atoms with van der Waals surface area (Å²) in [5.41, 5.74) is 9.24. The number of fused-ring (bicyclic) bond motifs is 3. The first kappa shape index (κ1) is 12.0. The van der Waals surface area contributed by atoms with Crippen LogP contribution < -0.4 is 5.73 Å². The molecule has 19 heavy (non-hydrogen) atoms. The van der Waals surface area contributed by atoms with Gasteiger partial charge < -0.3 is 10.3 Å². The molecule has 2 heteroatoms. The molecule has 5 unspecified atom stereocenters. The molecule has 0 aromatic carbocycles. The first-order valence-corrected chi connectivity index (χ1v) is 8.19. The van der Waals surface area contributed by atoms with Crippen LogP contribution in [0.1, 0.15) is 68.8 Å². The summed E-state index contributed by atoms with van der Waals surface area (Å²) >= 11 is 0. The highest BCUT2D eigenvalue weighted by Gasteiger charge is 2.42. The molecule has 4 rings (SSSR count). The lowest BCUT2D eigenvalue weighted by atomic mass is 9.83. The summed E-state index contributed by atoms with van der Waals surface area (Å²) < 4.78 is 2.58. The number of nitrogens with zero attached hydrogens (tertiary/aromatic N) is 1. The number of nitrogens with two attached hydrogens (primary N) is 1. The highest BCUT2D eigenvalue weighted by atomic mass is 15.0. The van der Waals surface area contributed by atoms with Gasteiger partial charge in [-0.05, 0) is 74.8 Å². The van der Waals surface area contributed by atoms with Crippen molar-refractivity contribution >= 4 is 0 Å². The minimum absolute atomic E-state index is 0.289. The second kappa shape index (κ2) is 4.37. The molecule has 2 N–H and O–H groups in total. The van der Waals surface area contributed by atoms with Gasteiger partial charge in [0.25, 0.3) is 0 Å². The van der Waals surface area contributed by atoms with Gasteiger partial charge >= 0.3 is 0 Å². The fourth-order valence-electron chi connectivity index (χ4n) is 5.22. The molecule has 0 radical (unpaired) electrons. The van der Waals surface area contributed by atoms with Crippen molar-refractivity contribution in [3.8, 4) is 0 Å². The standard InChI is InChI=1S/C17H26N2/c1-11(15-10-12-5-6-13(15)9-12)19-8-7-14-16(18)3-2-4-17(14)19/h7-8,11-13,15-16H,2-6,9-10,18H2,1H3. The zero-order chi connectivity index (χ0) is 13.0. The van der Waals surface area contributed by atoms with Gasteiger partial charge in [0.15, 0.2) is 0 Å². The molecule has 3 aliphatic carbocycles. The Morgan fingerprint density at radius 2 is 2.16 bits per heavy atom. The molecule has 0 saturated heterocycles. The average Bonchev–Trinajstić information content (AvgIpc) is 3.12. The van der Waals surface area contributed by atoms with Crippen LogP contribution in [0.25, 0.3) is 0 Å². The highest BCUT2D eigenvalue weighted by Crippen LogP contribution is 2.52. The average molecular weight is 258 g/mol. The summed E-state index contributed by atoms with van der Waals surface area (Å²) in [4.78, 5) is 0. The fourth-order valence-corrected chi connectivity index (χ4v) is 5.22. The molecule has 104 valence electrons. The van der Waals surface area contributed by atoms with Gasteiger partial charge in [-0.3, -0.25) is 0 Å². The van der Waals surface area contributed by atoms with Crippen LogP contribution in [0, 0.1) is 17.8 Å². The van der Waals surface area contributed by atoms with Gasteiger partial charge in [-0.2, -0.15) is 0 Å². The largest absolute Gasteiger partial charge is 0.348 e. The molecule has 0 aliphatic heterocycles. The van der Waals surface area contributed by atoms with Gasteiger partial charge in [-0.15, -0.1) is 0 Å². The molecule has 1 aromatic rings. The van der Waals surface area contributed by atoms with Gasteiger partial charge in [0.05, 0.1) is 0 Å². The lowest BCUT2D eigenvalue weighted by Crippen LogP contribution is -2.25. The van der Waals surface area contributed by atoms with E-state index in [1.165, 1.54) is 50.5 Å². The van der Waals surface area contributed by atoms with Crippen LogP contribution in [0.5, 0.6) is 0 Å². The zero-order valence-electron chi connectivity index (χ0n) is 12.0. The third-order valence-corrected chi connectivity index (χ3v) is 6.24. The molecule has 1 heterocycles. The van der Waals surface area contributed by atoms with Gasteiger partial charge in [0.1, 0.15) is 0 Å². The maximum Gasteiger partial charge on any atom is 0.0336 e. The zero-order valence-corrected chi connectivity index (χ0v) is 12.0. The van der Waals surface area contributed by atoms with E-state index in [1.54, 1.807) is 5.69 Å². The van der Waals surface area contributed by atoms with E-state index in [2.05, 4.69) is 23.8 Å². The van der Waals surface area contributed by atoms with E-state index in [9.17, 15) is 0 Å². The number of aromatic nitrogens is 1. The fraction of sp³-hybridized carbons (Fsp3) is 0.765. The van der Waals surface area contributed by atoms with Crippen molar-refractivity contribution in [3.05, 3.63) is 23.5 Å². The van der Waals surface area contributed by atoms with E-state index < -0.39 is 0 Å². The van der Waals surface area contributed by atoms with Crippen LogP contribution in [-0.4, -0.2) is 4.57 Å². The monoisotopic (exact) mass is 258 g/mol. The SMILES string of the molecule is CC(C1CC2CCC1C2)n1ccc2c1CCCC2N. The summed E-state index contributed by atoms with van der Waals surface area (Å²) in [7, 11) is 0. The number of hydrogen-bond donors (Lipinski definition) is 1. The van der Waals surface area contributed by atoms with E-state index in [-0.39, 0.29) is 6.04 Å². The smallest absolute Gasteiger partial charge is 0.0336 e. The summed E-state index contributed by atoms with van der Waals surface area (Å²) in [6.07, 6.45) is 12.0. The second-order valence-corrected chi connectivity index (χ2v) is 7.20. The second-order valence-electron chi connectivity index (χ2n) is 7.20. The Labute approximate surface area is 116 Å². The lowest BCUT2D eigenvalue weighted by molar-refractivity contribution is 0.239. The number of rotatable bonds is 2. The van der Waals surface area contributed by atoms with Crippen LogP contribution >= 0.6 is 0 Å². The summed E-state index contributed by atoms with van der Waals surface area (Å²) in [6.45, 7) is 2.45. The van der Waals surface area contributed by atoms with Gasteiger partial charge in [-0.1, -0.05) is 6.42 Å². The summed E-state index contributed by atoms with van der Waals surface area (Å²) in [5, 5.41) is 0. The first-order valence-electron chi connectivity index (χ1n) is 8.19. The number of hydrogen-bond acceptors (Lipinski definition) is 1. The Morgan fingerprint density at radius 1 is 1.26 bits per heavy atom. The Morgan fingerprint density at radius 3 is 2.89 bits per heavy atom. The van der Waals surface area contributed by atoms with Crippen molar-refractivity contribution in [3.63, 3.8) is 0 Å². The van der Waals surface area contributed by atoms with E-state index in [1.807, 2.05) is 0 Å². The Bertz CT molecular complexity index is 476. The van der Waals surface area contributed by atoms with Crippen molar-refractivity contribution in [1.29, 1.82) is 0 Å². The summed E-state index contributed by atoms with van der Waals surface area (Å²) in [6, 6.07) is 3.27. The molecule has 1 aromatic heterocycles. The molecule has 2 fully saturated rings. The first-order chi connectivity index (χ1) is 9.24. The van der Waals surface area contributed by atoms with E-state index in [0.717, 1.165) is 17.8 Å².